The third-order valence-corrected chi connectivity index (χ3v) is 7.94. The van der Waals surface area contributed by atoms with Crippen LogP contribution in [0.1, 0.15) is 28.4 Å². The SMILES string of the molecule is C=C[N+](Cc1ccccc1)=c1ccc2c(-c3ccccc3C(=O)O)c3ccc([N+](=Cc4ccccc4)CCOC(C)=O)cc3oc-2c1. The fourth-order valence-corrected chi connectivity index (χ4v) is 5.72. The van der Waals surface area contributed by atoms with Gasteiger partial charge in [0.25, 0.3) is 0 Å². The van der Waals surface area contributed by atoms with E-state index < -0.39 is 5.97 Å². The number of benzene rings is 5. The molecular formula is C40H34N2O5+2. The number of carboxylic acids is 1. The number of nitrogens with zero attached hydrogens (tertiary/aromatic N) is 2. The van der Waals surface area contributed by atoms with E-state index in [1.54, 1.807) is 18.3 Å². The first-order valence-electron chi connectivity index (χ1n) is 15.3. The number of aromatic carboxylic acids is 1. The van der Waals surface area contributed by atoms with Crippen molar-refractivity contribution >= 4 is 34.8 Å². The Morgan fingerprint density at radius 1 is 0.851 bits per heavy atom. The molecule has 1 N–H and O–H groups in total. The molecule has 1 aliphatic heterocycles. The maximum absolute atomic E-state index is 12.4. The predicted octanol–water partition coefficient (Wildman–Crippen LogP) is 7.34. The standard InChI is InChI=1S/C40H33N2O5/c1-3-41(26-29-12-6-4-7-13-29)31-18-20-35-37(24-31)47-38-25-32(42(22-23-46-28(2)43)27-30-14-8-5-9-15-30)19-21-36(38)39(35)33-16-10-11-17-34(33)40(44)45/h3-21,24-25,27H,1,22-23,26H2,2H3/q+1/p+1. The Hall–Kier alpha value is -6.08. The Morgan fingerprint density at radius 3 is 2.30 bits per heavy atom. The maximum Gasteiger partial charge on any atom is 0.336 e. The Bertz CT molecular complexity index is 2160. The molecule has 0 saturated carbocycles. The van der Waals surface area contributed by atoms with Gasteiger partial charge in [0.1, 0.15) is 11.3 Å². The van der Waals surface area contributed by atoms with Gasteiger partial charge in [0.15, 0.2) is 32.1 Å². The minimum Gasteiger partial charge on any atom is -0.478 e. The zero-order valence-electron chi connectivity index (χ0n) is 26.0. The summed E-state index contributed by atoms with van der Waals surface area (Å²) in [6.45, 7) is 6.68. The minimum absolute atomic E-state index is 0.199. The van der Waals surface area contributed by atoms with Crippen LogP contribution in [-0.4, -0.2) is 41.0 Å². The quantitative estimate of drug-likeness (QED) is 0.0748. The van der Waals surface area contributed by atoms with Crippen LogP contribution in [0.15, 0.2) is 139 Å². The van der Waals surface area contributed by atoms with Crippen molar-refractivity contribution in [1.82, 2.24) is 4.58 Å². The van der Waals surface area contributed by atoms with Gasteiger partial charge in [-0.2, -0.15) is 9.15 Å². The summed E-state index contributed by atoms with van der Waals surface area (Å²) in [7, 11) is 0. The van der Waals surface area contributed by atoms with Gasteiger partial charge < -0.3 is 14.3 Å². The van der Waals surface area contributed by atoms with E-state index in [-0.39, 0.29) is 18.1 Å². The molecule has 2 aliphatic rings. The summed E-state index contributed by atoms with van der Waals surface area (Å²) in [5, 5.41) is 11.8. The highest BCUT2D eigenvalue weighted by Crippen LogP contribution is 2.42. The van der Waals surface area contributed by atoms with Gasteiger partial charge in [0.05, 0.1) is 17.7 Å². The summed E-state index contributed by atoms with van der Waals surface area (Å²) in [6, 6.07) is 38.9. The third-order valence-electron chi connectivity index (χ3n) is 7.94. The van der Waals surface area contributed by atoms with E-state index in [0.29, 0.717) is 30.0 Å². The average molecular weight is 623 g/mol. The molecule has 0 aromatic heterocycles. The van der Waals surface area contributed by atoms with Crippen LogP contribution in [0, 0.1) is 0 Å². The maximum atomic E-state index is 12.4. The summed E-state index contributed by atoms with van der Waals surface area (Å²) in [6.07, 6.45) is 3.78. The van der Waals surface area contributed by atoms with Crippen molar-refractivity contribution in [3.05, 3.63) is 156 Å². The Labute approximate surface area is 272 Å². The van der Waals surface area contributed by atoms with Crippen molar-refractivity contribution < 1.29 is 28.4 Å². The van der Waals surface area contributed by atoms with E-state index in [2.05, 4.69) is 18.7 Å². The summed E-state index contributed by atoms with van der Waals surface area (Å²) in [5.74, 6) is -0.755. The number of fused-ring (bicyclic) bond motifs is 2. The highest BCUT2D eigenvalue weighted by Gasteiger charge is 2.23. The van der Waals surface area contributed by atoms with Crippen LogP contribution in [0.4, 0.5) is 5.69 Å². The van der Waals surface area contributed by atoms with Gasteiger partial charge in [-0.3, -0.25) is 4.79 Å². The number of ether oxygens (including phenoxy) is 1. The van der Waals surface area contributed by atoms with E-state index in [1.807, 2.05) is 112 Å². The van der Waals surface area contributed by atoms with Gasteiger partial charge in [-0.15, -0.1) is 0 Å². The van der Waals surface area contributed by atoms with Crippen LogP contribution in [0.2, 0.25) is 0 Å². The summed E-state index contributed by atoms with van der Waals surface area (Å²) in [5.41, 5.74) is 5.86. The van der Waals surface area contributed by atoms with E-state index in [4.69, 9.17) is 9.15 Å². The second-order valence-electron chi connectivity index (χ2n) is 11.1. The van der Waals surface area contributed by atoms with E-state index in [0.717, 1.165) is 38.7 Å². The van der Waals surface area contributed by atoms with Crippen LogP contribution in [0.5, 0.6) is 0 Å². The van der Waals surface area contributed by atoms with E-state index >= 15 is 0 Å². The molecule has 4 aromatic carbocycles. The fourth-order valence-electron chi connectivity index (χ4n) is 5.72. The molecule has 0 saturated heterocycles. The molecule has 0 atom stereocenters. The van der Waals surface area contributed by atoms with Gasteiger partial charge >= 0.3 is 11.9 Å². The molecule has 4 aromatic rings. The Kier molecular flexibility index (Phi) is 9.16. The first-order chi connectivity index (χ1) is 22.9. The molecule has 7 heteroatoms. The molecule has 0 unspecified atom stereocenters. The number of hydrogen-bond acceptors (Lipinski definition) is 4. The predicted molar refractivity (Wildman–Crippen MR) is 184 cm³/mol. The molecule has 6 rings (SSSR count). The topological polar surface area (TPSA) is 82.8 Å². The molecule has 1 heterocycles. The summed E-state index contributed by atoms with van der Waals surface area (Å²) in [4.78, 5) is 23.9. The highest BCUT2D eigenvalue weighted by atomic mass is 16.5. The molecule has 0 spiro atoms. The van der Waals surface area contributed by atoms with Gasteiger partial charge in [0.2, 0.25) is 11.0 Å². The number of carbonyl (C=O) groups is 2. The largest absolute Gasteiger partial charge is 0.478 e. The van der Waals surface area contributed by atoms with Crippen molar-refractivity contribution in [2.45, 2.75) is 13.5 Å². The van der Waals surface area contributed by atoms with Crippen LogP contribution in [0.25, 0.3) is 33.4 Å². The van der Waals surface area contributed by atoms with Crippen molar-refractivity contribution in [2.75, 3.05) is 13.2 Å². The van der Waals surface area contributed by atoms with Gasteiger partial charge in [0, 0.05) is 46.7 Å². The summed E-state index contributed by atoms with van der Waals surface area (Å²) < 4.78 is 16.0. The molecule has 0 fully saturated rings. The van der Waals surface area contributed by atoms with Crippen LogP contribution in [-0.2, 0) is 16.1 Å². The Balaban J connectivity index is 1.59. The molecule has 232 valence electrons. The lowest BCUT2D eigenvalue weighted by atomic mass is 9.90. The lowest BCUT2D eigenvalue weighted by Gasteiger charge is -2.17. The first kappa shape index (κ1) is 30.9. The highest BCUT2D eigenvalue weighted by molar-refractivity contribution is 6.07. The second-order valence-corrected chi connectivity index (χ2v) is 11.1. The third kappa shape index (κ3) is 6.94. The molecule has 0 bridgehead atoms. The Morgan fingerprint density at radius 2 is 1.57 bits per heavy atom. The molecular weight excluding hydrogens is 588 g/mol. The zero-order chi connectivity index (χ0) is 32.8. The lowest BCUT2D eigenvalue weighted by molar-refractivity contribution is -0.438. The summed E-state index contributed by atoms with van der Waals surface area (Å²) >= 11 is 0. The minimum atomic E-state index is -1.01. The average Bonchev–Trinajstić information content (AvgIpc) is 3.09. The van der Waals surface area contributed by atoms with Crippen LogP contribution in [0.3, 0.4) is 0 Å². The van der Waals surface area contributed by atoms with Gasteiger partial charge in [-0.25, -0.2) is 4.79 Å². The fraction of sp³-hybridized carbons (Fsp3) is 0.100. The zero-order valence-corrected chi connectivity index (χ0v) is 26.0. The number of carbonyl (C=O) groups excluding carboxylic acids is 1. The number of rotatable bonds is 10. The van der Waals surface area contributed by atoms with E-state index in [1.165, 1.54) is 6.92 Å². The number of carboxylic acid groups (broad SMARTS) is 1. The van der Waals surface area contributed by atoms with Crippen molar-refractivity contribution in [2.24, 2.45) is 0 Å². The van der Waals surface area contributed by atoms with Crippen molar-refractivity contribution in [1.29, 1.82) is 0 Å². The van der Waals surface area contributed by atoms with Crippen LogP contribution < -0.4 is 9.93 Å². The molecule has 0 radical (unpaired) electrons. The smallest absolute Gasteiger partial charge is 0.336 e. The second kappa shape index (κ2) is 13.9. The molecule has 47 heavy (non-hydrogen) atoms. The van der Waals surface area contributed by atoms with Gasteiger partial charge in [-0.1, -0.05) is 66.7 Å². The first-order valence-corrected chi connectivity index (χ1v) is 15.3. The lowest BCUT2D eigenvalue weighted by Crippen LogP contribution is -2.24. The van der Waals surface area contributed by atoms with Crippen LogP contribution >= 0.6 is 0 Å². The normalized spacial score (nSPS) is 12.1. The van der Waals surface area contributed by atoms with Crippen molar-refractivity contribution in [3.8, 4) is 22.5 Å². The monoisotopic (exact) mass is 622 g/mol. The molecule has 0 amide bonds. The van der Waals surface area contributed by atoms with Gasteiger partial charge in [-0.05, 0) is 42.5 Å². The van der Waals surface area contributed by atoms with E-state index in [9.17, 15) is 14.7 Å². The molecule has 7 nitrogen and oxygen atoms in total. The number of esters is 1. The number of hydrogen-bond donors (Lipinski definition) is 1. The molecule has 1 aliphatic carbocycles. The van der Waals surface area contributed by atoms with Crippen molar-refractivity contribution in [3.63, 3.8) is 0 Å².